The van der Waals surface area contributed by atoms with Crippen LogP contribution >= 0.6 is 0 Å². The molecule has 2 aromatic heterocycles. The molecular formula is C28H37N7O3. The first-order chi connectivity index (χ1) is 18.1. The predicted octanol–water partition coefficient (Wildman–Crippen LogP) is 3.48. The summed E-state index contributed by atoms with van der Waals surface area (Å²) < 4.78 is 3.47. The maximum Gasteiger partial charge on any atom is 0.276 e. The van der Waals surface area contributed by atoms with Gasteiger partial charge in [-0.05, 0) is 57.5 Å². The molecule has 0 saturated heterocycles. The molecule has 0 aliphatic carbocycles. The van der Waals surface area contributed by atoms with E-state index >= 15 is 0 Å². The number of allylic oxidation sites excluding steroid dienone is 4. The molecule has 6 N–H and O–H groups in total. The van der Waals surface area contributed by atoms with E-state index in [4.69, 9.17) is 16.6 Å². The number of benzene rings is 1. The Hall–Kier alpha value is -4.28. The van der Waals surface area contributed by atoms with E-state index in [9.17, 15) is 9.59 Å². The number of carbonyl (C=O) groups is 2. The van der Waals surface area contributed by atoms with Crippen molar-refractivity contribution < 1.29 is 14.7 Å². The van der Waals surface area contributed by atoms with Crippen molar-refractivity contribution in [3.05, 3.63) is 89.3 Å². The number of aryl methyl sites for hydroxylation is 2. The van der Waals surface area contributed by atoms with E-state index in [2.05, 4.69) is 22.0 Å². The highest BCUT2D eigenvalue weighted by molar-refractivity contribution is 6.03. The van der Waals surface area contributed by atoms with Gasteiger partial charge in [0.05, 0.1) is 23.3 Å². The van der Waals surface area contributed by atoms with Gasteiger partial charge in [-0.3, -0.25) is 19.6 Å². The number of primary amides is 1. The van der Waals surface area contributed by atoms with E-state index in [1.165, 1.54) is 5.57 Å². The summed E-state index contributed by atoms with van der Waals surface area (Å²) in [4.78, 5) is 28.8. The molecule has 10 heteroatoms. The number of fused-ring (bicyclic) bond motifs is 1. The Morgan fingerprint density at radius 2 is 1.92 bits per heavy atom. The molecule has 0 spiro atoms. The number of anilines is 1. The molecule has 0 aliphatic heterocycles. The summed E-state index contributed by atoms with van der Waals surface area (Å²) >= 11 is 0. The first-order valence-electron chi connectivity index (χ1n) is 12.2. The average Bonchev–Trinajstić information content (AvgIpc) is 3.44. The number of imidazole rings is 1. The van der Waals surface area contributed by atoms with E-state index in [-0.39, 0.29) is 12.5 Å². The molecule has 0 atom stereocenters. The third-order valence-electron chi connectivity index (χ3n) is 5.36. The first kappa shape index (κ1) is 29.9. The van der Waals surface area contributed by atoms with Gasteiger partial charge in [0.25, 0.3) is 5.91 Å². The van der Waals surface area contributed by atoms with Gasteiger partial charge < -0.3 is 21.1 Å². The predicted molar refractivity (Wildman–Crippen MR) is 152 cm³/mol. The van der Waals surface area contributed by atoms with Gasteiger partial charge in [-0.15, -0.1) is 0 Å². The van der Waals surface area contributed by atoms with Crippen molar-refractivity contribution in [3.8, 4) is 0 Å². The second kappa shape index (κ2) is 14.5. The van der Waals surface area contributed by atoms with Crippen molar-refractivity contribution in [1.82, 2.24) is 19.3 Å². The van der Waals surface area contributed by atoms with Crippen molar-refractivity contribution >= 4 is 28.8 Å². The Morgan fingerprint density at radius 3 is 2.50 bits per heavy atom. The average molecular weight is 520 g/mol. The number of nitrogens with one attached hydrogen (secondary N) is 1. The number of aliphatic hydroxyl groups excluding tert-OH is 1. The number of rotatable bonds is 10. The van der Waals surface area contributed by atoms with Crippen LogP contribution in [0.5, 0.6) is 0 Å². The fraction of sp³-hybridized carbons (Fsp3) is 0.286. The van der Waals surface area contributed by atoms with Gasteiger partial charge in [0.1, 0.15) is 5.69 Å². The number of nitrogens with zero attached hydrogens (tertiary/aromatic N) is 4. The van der Waals surface area contributed by atoms with Crippen molar-refractivity contribution in [2.45, 2.75) is 40.8 Å². The Morgan fingerprint density at radius 1 is 1.18 bits per heavy atom. The molecule has 202 valence electrons. The Bertz CT molecular complexity index is 1370. The lowest BCUT2D eigenvalue weighted by Gasteiger charge is -2.09. The van der Waals surface area contributed by atoms with Crippen molar-refractivity contribution in [1.29, 1.82) is 0 Å². The molecule has 0 bridgehead atoms. The number of amides is 2. The Balaban J connectivity index is 0.000000432. The highest BCUT2D eigenvalue weighted by atomic mass is 16.3. The molecule has 38 heavy (non-hydrogen) atoms. The molecule has 1 aromatic carbocycles. The van der Waals surface area contributed by atoms with Gasteiger partial charge in [-0.25, -0.2) is 4.98 Å². The fourth-order valence-corrected chi connectivity index (χ4v) is 3.43. The lowest BCUT2D eigenvalue weighted by molar-refractivity contribution is 0.0996. The van der Waals surface area contributed by atoms with E-state index in [1.807, 2.05) is 56.6 Å². The van der Waals surface area contributed by atoms with Gasteiger partial charge in [0.2, 0.25) is 11.9 Å². The van der Waals surface area contributed by atoms with Crippen LogP contribution in [0.1, 0.15) is 47.3 Å². The molecule has 3 aromatic rings. The summed E-state index contributed by atoms with van der Waals surface area (Å²) in [6.07, 6.45) is 9.18. The van der Waals surface area contributed by atoms with Crippen molar-refractivity contribution in [2.75, 3.05) is 18.5 Å². The van der Waals surface area contributed by atoms with Crippen molar-refractivity contribution in [3.63, 3.8) is 0 Å². The minimum absolute atomic E-state index is 0.0628. The third kappa shape index (κ3) is 8.12. The molecule has 3 rings (SSSR count). The summed E-state index contributed by atoms with van der Waals surface area (Å²) in [6.45, 7) is 12.8. The van der Waals surface area contributed by atoms with Crippen LogP contribution in [0, 0.1) is 6.92 Å². The van der Waals surface area contributed by atoms with Gasteiger partial charge >= 0.3 is 0 Å². The summed E-state index contributed by atoms with van der Waals surface area (Å²) in [5, 5.41) is 15.8. The molecule has 0 fully saturated rings. The lowest BCUT2D eigenvalue weighted by Crippen LogP contribution is -2.19. The van der Waals surface area contributed by atoms with Gasteiger partial charge in [0.15, 0.2) is 0 Å². The minimum Gasteiger partial charge on any atom is -0.392 e. The fourth-order valence-electron chi connectivity index (χ4n) is 3.43. The van der Waals surface area contributed by atoms with E-state index < -0.39 is 5.91 Å². The summed E-state index contributed by atoms with van der Waals surface area (Å²) in [5.74, 6) is -0.478. The SMILES string of the molecule is C=C/C(=C\C=C(C)C)CO.CCn1nc(C)cc1C(=O)Nc1nc2cc(C(N)=O)ccc2n1C/C=C/CN. The van der Waals surface area contributed by atoms with Crippen molar-refractivity contribution in [2.24, 2.45) is 11.5 Å². The van der Waals surface area contributed by atoms with E-state index in [0.717, 1.165) is 16.8 Å². The monoisotopic (exact) mass is 519 g/mol. The van der Waals surface area contributed by atoms with Crippen LogP contribution < -0.4 is 16.8 Å². The number of aromatic nitrogens is 4. The number of hydrogen-bond donors (Lipinski definition) is 4. The zero-order valence-electron chi connectivity index (χ0n) is 22.4. The van der Waals surface area contributed by atoms with E-state index in [1.54, 1.807) is 35.0 Å². The Kier molecular flexibility index (Phi) is 11.4. The van der Waals surface area contributed by atoms with Crippen LogP contribution in [-0.2, 0) is 13.1 Å². The molecule has 0 aliphatic rings. The lowest BCUT2D eigenvalue weighted by atomic mass is 10.2. The molecule has 0 saturated carbocycles. The summed E-state index contributed by atoms with van der Waals surface area (Å²) in [5.41, 5.74) is 15.8. The normalized spacial score (nSPS) is 11.3. The van der Waals surface area contributed by atoms with Gasteiger partial charge in [-0.1, -0.05) is 42.5 Å². The largest absolute Gasteiger partial charge is 0.392 e. The van der Waals surface area contributed by atoms with Crippen LogP contribution in [-0.4, -0.2) is 49.4 Å². The maximum atomic E-state index is 12.8. The second-order valence-corrected chi connectivity index (χ2v) is 8.61. The van der Waals surface area contributed by atoms with Gasteiger partial charge in [0, 0.05) is 25.2 Å². The van der Waals surface area contributed by atoms with Crippen LogP contribution in [0.4, 0.5) is 5.95 Å². The molecule has 2 amide bonds. The standard InChI is InChI=1S/C19H23N7O2.C9H14O/c1-3-26-16(10-12(2)24-26)18(28)23-19-22-14-11-13(17(21)27)6-7-15(14)25(19)9-5-4-8-20;1-4-9(7-10)6-5-8(2)3/h4-7,10-11H,3,8-9,20H2,1-2H3,(H2,21,27)(H,22,23,28);4-6,10H,1,7H2,2-3H3/b5-4+;9-6+. The van der Waals surface area contributed by atoms with Crippen LogP contribution in [0.15, 0.2) is 72.4 Å². The van der Waals surface area contributed by atoms with Crippen LogP contribution in [0.25, 0.3) is 11.0 Å². The Labute approximate surface area is 223 Å². The number of nitrogens with two attached hydrogens (primary N) is 2. The quantitative estimate of drug-likeness (QED) is 0.237. The molecule has 2 heterocycles. The topological polar surface area (TPSA) is 154 Å². The zero-order chi connectivity index (χ0) is 28.2. The molecule has 0 radical (unpaired) electrons. The van der Waals surface area contributed by atoms with Gasteiger partial charge in [-0.2, -0.15) is 5.10 Å². The van der Waals surface area contributed by atoms with Crippen LogP contribution in [0.2, 0.25) is 0 Å². The van der Waals surface area contributed by atoms with Crippen LogP contribution in [0.3, 0.4) is 0 Å². The second-order valence-electron chi connectivity index (χ2n) is 8.61. The zero-order valence-corrected chi connectivity index (χ0v) is 22.4. The number of aliphatic hydroxyl groups is 1. The first-order valence-corrected chi connectivity index (χ1v) is 12.2. The highest BCUT2D eigenvalue weighted by Gasteiger charge is 2.18. The smallest absolute Gasteiger partial charge is 0.276 e. The summed E-state index contributed by atoms with van der Waals surface area (Å²) in [7, 11) is 0. The molecular weight excluding hydrogens is 482 g/mol. The van der Waals surface area contributed by atoms with E-state index in [0.29, 0.717) is 42.4 Å². The number of carbonyl (C=O) groups excluding carboxylic acids is 2. The summed E-state index contributed by atoms with van der Waals surface area (Å²) in [6, 6.07) is 6.73. The maximum absolute atomic E-state index is 12.8. The molecule has 10 nitrogen and oxygen atoms in total. The number of hydrogen-bond acceptors (Lipinski definition) is 6. The molecule has 0 unspecified atom stereocenters. The third-order valence-corrected chi connectivity index (χ3v) is 5.36. The minimum atomic E-state index is -0.535. The highest BCUT2D eigenvalue weighted by Crippen LogP contribution is 2.22.